The number of rotatable bonds is 5. The second-order valence-electron chi connectivity index (χ2n) is 7.12. The van der Waals surface area contributed by atoms with E-state index in [1.807, 2.05) is 0 Å². The molecule has 0 bridgehead atoms. The van der Waals surface area contributed by atoms with Gasteiger partial charge in [0.25, 0.3) is 0 Å². The molecule has 2 heteroatoms. The van der Waals surface area contributed by atoms with Crippen LogP contribution in [0.3, 0.4) is 0 Å². The van der Waals surface area contributed by atoms with Crippen LogP contribution < -0.4 is 10.6 Å². The Morgan fingerprint density at radius 2 is 1.58 bits per heavy atom. The van der Waals surface area contributed by atoms with Crippen molar-refractivity contribution in [1.82, 2.24) is 0 Å². The first-order valence-electron chi connectivity index (χ1n) is 9.34. The van der Waals surface area contributed by atoms with Crippen LogP contribution in [0.15, 0.2) is 36.4 Å². The van der Waals surface area contributed by atoms with Crippen molar-refractivity contribution >= 4 is 5.69 Å². The third-order valence-electron chi connectivity index (χ3n) is 5.05. The number of piperidine rings is 1. The molecule has 0 amide bonds. The van der Waals surface area contributed by atoms with Crippen LogP contribution in [-0.4, -0.2) is 19.6 Å². The predicted octanol–water partition coefficient (Wildman–Crippen LogP) is 4.85. The van der Waals surface area contributed by atoms with Crippen molar-refractivity contribution in [3.63, 3.8) is 0 Å². The van der Waals surface area contributed by atoms with Crippen molar-refractivity contribution in [3.8, 4) is 11.1 Å². The molecule has 2 N–H and O–H groups in total. The number of nitrogens with two attached hydrogens (primary N) is 1. The summed E-state index contributed by atoms with van der Waals surface area (Å²) in [6.45, 7) is 7.48. The van der Waals surface area contributed by atoms with Crippen LogP contribution in [0.5, 0.6) is 0 Å². The maximum absolute atomic E-state index is 5.77. The molecule has 0 aliphatic carbocycles. The van der Waals surface area contributed by atoms with Crippen LogP contribution in [0.25, 0.3) is 11.1 Å². The van der Waals surface area contributed by atoms with E-state index < -0.39 is 0 Å². The van der Waals surface area contributed by atoms with E-state index >= 15 is 0 Å². The minimum absolute atomic E-state index is 0.750. The quantitative estimate of drug-likeness (QED) is 0.852. The topological polar surface area (TPSA) is 29.3 Å². The lowest BCUT2D eigenvalue weighted by Gasteiger charge is -2.31. The van der Waals surface area contributed by atoms with Gasteiger partial charge < -0.3 is 10.6 Å². The summed E-state index contributed by atoms with van der Waals surface area (Å²) >= 11 is 0. The highest BCUT2D eigenvalue weighted by Crippen LogP contribution is 2.36. The molecule has 3 rings (SSSR count). The van der Waals surface area contributed by atoms with Gasteiger partial charge in [-0.15, -0.1) is 0 Å². The van der Waals surface area contributed by atoms with Crippen LogP contribution in [0, 0.1) is 13.8 Å². The SMILES string of the molecule is Cc1ccc(-c2cc(C)ccc2N2CCCCC2)c(CCCN)c1. The molecular formula is C22H30N2. The molecule has 0 unspecified atom stereocenters. The molecule has 1 aliphatic rings. The molecule has 0 spiro atoms. The third kappa shape index (κ3) is 3.81. The molecule has 0 atom stereocenters. The highest BCUT2D eigenvalue weighted by Gasteiger charge is 2.17. The van der Waals surface area contributed by atoms with Gasteiger partial charge in [-0.25, -0.2) is 0 Å². The van der Waals surface area contributed by atoms with Gasteiger partial charge in [-0.05, 0) is 75.8 Å². The summed E-state index contributed by atoms with van der Waals surface area (Å²) in [5.74, 6) is 0. The molecule has 0 radical (unpaired) electrons. The van der Waals surface area contributed by atoms with E-state index in [4.69, 9.17) is 5.73 Å². The molecule has 128 valence electrons. The Morgan fingerprint density at radius 3 is 2.33 bits per heavy atom. The molecule has 0 saturated carbocycles. The Labute approximate surface area is 146 Å². The average molecular weight is 322 g/mol. The number of aryl methyl sites for hydroxylation is 3. The fraction of sp³-hybridized carbons (Fsp3) is 0.455. The van der Waals surface area contributed by atoms with E-state index in [1.54, 1.807) is 0 Å². The first-order valence-corrected chi connectivity index (χ1v) is 9.34. The zero-order valence-electron chi connectivity index (χ0n) is 15.1. The molecule has 2 aromatic carbocycles. The highest BCUT2D eigenvalue weighted by atomic mass is 15.1. The predicted molar refractivity (Wildman–Crippen MR) is 105 cm³/mol. The Morgan fingerprint density at radius 1 is 0.875 bits per heavy atom. The van der Waals surface area contributed by atoms with Crippen molar-refractivity contribution in [2.75, 3.05) is 24.5 Å². The number of hydrogen-bond acceptors (Lipinski definition) is 2. The number of anilines is 1. The summed E-state index contributed by atoms with van der Waals surface area (Å²) in [5.41, 5.74) is 14.0. The maximum Gasteiger partial charge on any atom is 0.0446 e. The van der Waals surface area contributed by atoms with Gasteiger partial charge in [0.05, 0.1) is 0 Å². The lowest BCUT2D eigenvalue weighted by molar-refractivity contribution is 0.578. The fourth-order valence-corrected chi connectivity index (χ4v) is 3.76. The second kappa shape index (κ2) is 7.85. The molecule has 1 saturated heterocycles. The first kappa shape index (κ1) is 17.0. The number of benzene rings is 2. The van der Waals surface area contributed by atoms with E-state index in [0.717, 1.165) is 19.4 Å². The van der Waals surface area contributed by atoms with Gasteiger partial charge in [-0.1, -0.05) is 35.4 Å². The summed E-state index contributed by atoms with van der Waals surface area (Å²) in [6.07, 6.45) is 6.08. The van der Waals surface area contributed by atoms with E-state index in [9.17, 15) is 0 Å². The van der Waals surface area contributed by atoms with E-state index in [2.05, 4.69) is 55.1 Å². The molecule has 2 nitrogen and oxygen atoms in total. The lowest BCUT2D eigenvalue weighted by Crippen LogP contribution is -2.29. The van der Waals surface area contributed by atoms with Gasteiger partial charge in [0.1, 0.15) is 0 Å². The second-order valence-corrected chi connectivity index (χ2v) is 7.12. The summed E-state index contributed by atoms with van der Waals surface area (Å²) in [5, 5.41) is 0. The van der Waals surface area contributed by atoms with Crippen molar-refractivity contribution in [2.24, 2.45) is 5.73 Å². The molecule has 24 heavy (non-hydrogen) atoms. The summed E-state index contributed by atoms with van der Waals surface area (Å²) < 4.78 is 0. The standard InChI is InChI=1S/C22H30N2/c1-17-8-10-20(19(15-17)7-6-12-23)21-16-18(2)9-11-22(21)24-13-4-3-5-14-24/h8-11,15-16H,3-7,12-14,23H2,1-2H3. The molecule has 0 aromatic heterocycles. The number of hydrogen-bond donors (Lipinski definition) is 1. The monoisotopic (exact) mass is 322 g/mol. The highest BCUT2D eigenvalue weighted by molar-refractivity contribution is 5.81. The first-order chi connectivity index (χ1) is 11.7. The molecule has 1 aliphatic heterocycles. The van der Waals surface area contributed by atoms with Gasteiger partial charge in [-0.3, -0.25) is 0 Å². The minimum atomic E-state index is 0.750. The Balaban J connectivity index is 2.06. The Hall–Kier alpha value is -1.80. The zero-order chi connectivity index (χ0) is 16.9. The Bertz CT molecular complexity index is 684. The average Bonchev–Trinajstić information content (AvgIpc) is 2.61. The third-order valence-corrected chi connectivity index (χ3v) is 5.05. The lowest BCUT2D eigenvalue weighted by atomic mass is 9.92. The largest absolute Gasteiger partial charge is 0.371 e. The van der Waals surface area contributed by atoms with E-state index in [0.29, 0.717) is 0 Å². The molecule has 1 heterocycles. The van der Waals surface area contributed by atoms with Crippen molar-refractivity contribution in [2.45, 2.75) is 46.0 Å². The summed E-state index contributed by atoms with van der Waals surface area (Å²) in [4.78, 5) is 2.57. The van der Waals surface area contributed by atoms with Crippen molar-refractivity contribution in [1.29, 1.82) is 0 Å². The van der Waals surface area contributed by atoms with Crippen LogP contribution in [0.1, 0.15) is 42.4 Å². The van der Waals surface area contributed by atoms with Gasteiger partial charge in [-0.2, -0.15) is 0 Å². The zero-order valence-corrected chi connectivity index (χ0v) is 15.1. The summed E-state index contributed by atoms with van der Waals surface area (Å²) in [6, 6.07) is 13.8. The van der Waals surface area contributed by atoms with Gasteiger partial charge in [0, 0.05) is 24.3 Å². The van der Waals surface area contributed by atoms with Crippen LogP contribution in [-0.2, 0) is 6.42 Å². The van der Waals surface area contributed by atoms with Crippen LogP contribution >= 0.6 is 0 Å². The fourth-order valence-electron chi connectivity index (χ4n) is 3.76. The van der Waals surface area contributed by atoms with Crippen LogP contribution in [0.2, 0.25) is 0 Å². The van der Waals surface area contributed by atoms with E-state index in [1.165, 1.54) is 65.9 Å². The van der Waals surface area contributed by atoms with Crippen molar-refractivity contribution in [3.05, 3.63) is 53.1 Å². The normalized spacial score (nSPS) is 14.9. The summed E-state index contributed by atoms with van der Waals surface area (Å²) in [7, 11) is 0. The maximum atomic E-state index is 5.77. The van der Waals surface area contributed by atoms with Gasteiger partial charge in [0.2, 0.25) is 0 Å². The minimum Gasteiger partial charge on any atom is -0.371 e. The van der Waals surface area contributed by atoms with Gasteiger partial charge >= 0.3 is 0 Å². The van der Waals surface area contributed by atoms with Gasteiger partial charge in [0.15, 0.2) is 0 Å². The Kier molecular flexibility index (Phi) is 5.57. The molecule has 1 fully saturated rings. The molecular weight excluding hydrogens is 292 g/mol. The number of nitrogens with zero attached hydrogens (tertiary/aromatic N) is 1. The van der Waals surface area contributed by atoms with Crippen LogP contribution in [0.4, 0.5) is 5.69 Å². The van der Waals surface area contributed by atoms with Crippen molar-refractivity contribution < 1.29 is 0 Å². The van der Waals surface area contributed by atoms with E-state index in [-0.39, 0.29) is 0 Å². The molecule has 2 aromatic rings. The smallest absolute Gasteiger partial charge is 0.0446 e.